The molecule has 1 aromatic rings. The van der Waals surface area contributed by atoms with E-state index in [1.165, 1.54) is 19.3 Å². The van der Waals surface area contributed by atoms with Crippen molar-refractivity contribution in [2.75, 3.05) is 11.4 Å². The molecule has 0 amide bonds. The molecule has 1 aromatic heterocycles. The lowest BCUT2D eigenvalue weighted by atomic mass is 10.0. The topological polar surface area (TPSA) is 53.4 Å². The van der Waals surface area contributed by atoms with Crippen LogP contribution >= 0.6 is 0 Å². The van der Waals surface area contributed by atoms with Crippen LogP contribution in [0, 0.1) is 0 Å². The Hall–Kier alpha value is -1.84. The summed E-state index contributed by atoms with van der Waals surface area (Å²) in [6, 6.07) is 4.20. The summed E-state index contributed by atoms with van der Waals surface area (Å²) in [5.41, 5.74) is 0.869. The van der Waals surface area contributed by atoms with E-state index in [-0.39, 0.29) is 0 Å². The molecule has 4 nitrogen and oxygen atoms in total. The number of nitrogens with zero attached hydrogens (tertiary/aromatic N) is 2. The van der Waals surface area contributed by atoms with Crippen LogP contribution in [0.15, 0.2) is 24.4 Å². The van der Waals surface area contributed by atoms with Crippen molar-refractivity contribution in [1.29, 1.82) is 0 Å². The predicted octanol–water partition coefficient (Wildman–Crippen LogP) is 2.56. The van der Waals surface area contributed by atoms with Gasteiger partial charge < -0.3 is 10.0 Å². The average Bonchev–Trinajstić information content (AvgIpc) is 2.37. The number of aliphatic carboxylic acids is 1. The molecule has 1 saturated heterocycles. The second kappa shape index (κ2) is 5.67. The molecule has 0 aliphatic carbocycles. The highest BCUT2D eigenvalue weighted by molar-refractivity contribution is 5.86. The van der Waals surface area contributed by atoms with Gasteiger partial charge in [0.1, 0.15) is 5.82 Å². The summed E-state index contributed by atoms with van der Waals surface area (Å²) in [4.78, 5) is 17.3. The first-order valence-electron chi connectivity index (χ1n) is 6.31. The quantitative estimate of drug-likeness (QED) is 0.833. The zero-order valence-electron chi connectivity index (χ0n) is 10.5. The molecule has 0 saturated carbocycles. The van der Waals surface area contributed by atoms with E-state index in [0.29, 0.717) is 6.04 Å². The molecule has 1 fully saturated rings. The fourth-order valence-corrected chi connectivity index (χ4v) is 2.35. The number of carbonyl (C=O) groups is 1. The normalized spacial score (nSPS) is 20.3. The fraction of sp³-hybridized carbons (Fsp3) is 0.429. The van der Waals surface area contributed by atoms with Crippen LogP contribution in [0.2, 0.25) is 0 Å². The van der Waals surface area contributed by atoms with E-state index in [4.69, 9.17) is 5.11 Å². The van der Waals surface area contributed by atoms with Gasteiger partial charge in [-0.3, -0.25) is 0 Å². The molecule has 4 heteroatoms. The van der Waals surface area contributed by atoms with Gasteiger partial charge in [0.15, 0.2) is 0 Å². The van der Waals surface area contributed by atoms with E-state index >= 15 is 0 Å². The Kier molecular flexibility index (Phi) is 3.97. The van der Waals surface area contributed by atoms with Gasteiger partial charge in [0, 0.05) is 30.4 Å². The highest BCUT2D eigenvalue weighted by atomic mass is 16.4. The van der Waals surface area contributed by atoms with Crippen LogP contribution in [0.4, 0.5) is 5.82 Å². The maximum atomic E-state index is 10.6. The third kappa shape index (κ3) is 2.88. The summed E-state index contributed by atoms with van der Waals surface area (Å²) < 4.78 is 0. The third-order valence-corrected chi connectivity index (χ3v) is 3.30. The molecule has 0 spiro atoms. The zero-order valence-corrected chi connectivity index (χ0v) is 10.5. The number of pyridine rings is 1. The second-order valence-electron chi connectivity index (χ2n) is 4.63. The van der Waals surface area contributed by atoms with Crippen molar-refractivity contribution in [3.05, 3.63) is 30.0 Å². The maximum absolute atomic E-state index is 10.6. The molecule has 96 valence electrons. The van der Waals surface area contributed by atoms with Crippen molar-refractivity contribution in [2.24, 2.45) is 0 Å². The Morgan fingerprint density at radius 3 is 3.11 bits per heavy atom. The summed E-state index contributed by atoms with van der Waals surface area (Å²) in [5, 5.41) is 8.71. The minimum Gasteiger partial charge on any atom is -0.478 e. The van der Waals surface area contributed by atoms with Gasteiger partial charge in [-0.2, -0.15) is 0 Å². The standard InChI is InChI=1S/C14H18N2O2/c1-11-5-2-3-10-16(11)14-12(6-4-9-15-14)7-8-13(17)18/h4,6-9,11H,2-3,5,10H2,1H3,(H,17,18)/b8-7+. The van der Waals surface area contributed by atoms with Crippen molar-refractivity contribution >= 4 is 17.9 Å². The van der Waals surface area contributed by atoms with Crippen molar-refractivity contribution in [3.8, 4) is 0 Å². The van der Waals surface area contributed by atoms with Gasteiger partial charge in [-0.05, 0) is 44.4 Å². The molecule has 1 aliphatic rings. The summed E-state index contributed by atoms with van der Waals surface area (Å²) in [5.74, 6) is -0.0429. The van der Waals surface area contributed by atoms with Gasteiger partial charge in [-0.25, -0.2) is 9.78 Å². The zero-order chi connectivity index (χ0) is 13.0. The molecule has 0 radical (unpaired) electrons. The van der Waals surface area contributed by atoms with Gasteiger partial charge in [0.05, 0.1) is 0 Å². The summed E-state index contributed by atoms with van der Waals surface area (Å²) >= 11 is 0. The van der Waals surface area contributed by atoms with E-state index in [0.717, 1.165) is 24.0 Å². The number of aromatic nitrogens is 1. The smallest absolute Gasteiger partial charge is 0.328 e. The van der Waals surface area contributed by atoms with Crippen molar-refractivity contribution in [1.82, 2.24) is 4.98 Å². The number of hydrogen-bond acceptors (Lipinski definition) is 3. The lowest BCUT2D eigenvalue weighted by molar-refractivity contribution is -0.131. The molecule has 1 aliphatic heterocycles. The Labute approximate surface area is 107 Å². The minimum atomic E-state index is -0.934. The van der Waals surface area contributed by atoms with Crippen molar-refractivity contribution in [3.63, 3.8) is 0 Å². The molecule has 0 bridgehead atoms. The number of piperidine rings is 1. The lowest BCUT2D eigenvalue weighted by Gasteiger charge is -2.35. The van der Waals surface area contributed by atoms with Crippen LogP contribution in [0.1, 0.15) is 31.7 Å². The van der Waals surface area contributed by atoms with Gasteiger partial charge in [-0.15, -0.1) is 0 Å². The largest absolute Gasteiger partial charge is 0.478 e. The van der Waals surface area contributed by atoms with Gasteiger partial charge >= 0.3 is 5.97 Å². The predicted molar refractivity (Wildman–Crippen MR) is 71.6 cm³/mol. The van der Waals surface area contributed by atoms with E-state index in [1.54, 1.807) is 12.3 Å². The number of carboxylic acids is 1. The van der Waals surface area contributed by atoms with Crippen LogP contribution < -0.4 is 4.90 Å². The number of hydrogen-bond donors (Lipinski definition) is 1. The number of carboxylic acid groups (broad SMARTS) is 1. The van der Waals surface area contributed by atoms with Gasteiger partial charge in [-0.1, -0.05) is 0 Å². The molecule has 2 rings (SSSR count). The van der Waals surface area contributed by atoms with Crippen LogP contribution in [-0.4, -0.2) is 28.6 Å². The van der Waals surface area contributed by atoms with E-state index in [9.17, 15) is 4.79 Å². The van der Waals surface area contributed by atoms with Crippen LogP contribution in [0.5, 0.6) is 0 Å². The summed E-state index contributed by atoms with van der Waals surface area (Å²) in [6.45, 7) is 3.19. The summed E-state index contributed by atoms with van der Waals surface area (Å²) in [7, 11) is 0. The van der Waals surface area contributed by atoms with Crippen LogP contribution in [-0.2, 0) is 4.79 Å². The monoisotopic (exact) mass is 246 g/mol. The molecule has 0 aromatic carbocycles. The first kappa shape index (κ1) is 12.6. The van der Waals surface area contributed by atoms with Crippen LogP contribution in [0.3, 0.4) is 0 Å². The first-order chi connectivity index (χ1) is 8.68. The Balaban J connectivity index is 2.28. The first-order valence-corrected chi connectivity index (χ1v) is 6.31. The summed E-state index contributed by atoms with van der Waals surface area (Å²) in [6.07, 6.45) is 8.13. The third-order valence-electron chi connectivity index (χ3n) is 3.30. The minimum absolute atomic E-state index is 0.464. The van der Waals surface area contributed by atoms with Crippen LogP contribution in [0.25, 0.3) is 6.08 Å². The maximum Gasteiger partial charge on any atom is 0.328 e. The van der Waals surface area contributed by atoms with E-state index in [1.807, 2.05) is 12.1 Å². The molecular weight excluding hydrogens is 228 g/mol. The molecular formula is C14H18N2O2. The van der Waals surface area contributed by atoms with Crippen molar-refractivity contribution in [2.45, 2.75) is 32.2 Å². The Morgan fingerprint density at radius 2 is 2.39 bits per heavy atom. The highest BCUT2D eigenvalue weighted by Crippen LogP contribution is 2.26. The SMILES string of the molecule is CC1CCCCN1c1ncccc1/C=C/C(=O)O. The Morgan fingerprint density at radius 1 is 1.56 bits per heavy atom. The van der Waals surface area contributed by atoms with Gasteiger partial charge in [0.25, 0.3) is 0 Å². The van der Waals surface area contributed by atoms with E-state index < -0.39 is 5.97 Å². The molecule has 2 heterocycles. The molecule has 18 heavy (non-hydrogen) atoms. The second-order valence-corrected chi connectivity index (χ2v) is 4.63. The number of anilines is 1. The van der Waals surface area contributed by atoms with Crippen molar-refractivity contribution < 1.29 is 9.90 Å². The Bertz CT molecular complexity index is 457. The highest BCUT2D eigenvalue weighted by Gasteiger charge is 2.20. The fourth-order valence-electron chi connectivity index (χ4n) is 2.35. The van der Waals surface area contributed by atoms with Gasteiger partial charge in [0.2, 0.25) is 0 Å². The number of rotatable bonds is 3. The van der Waals surface area contributed by atoms with E-state index in [2.05, 4.69) is 16.8 Å². The lowest BCUT2D eigenvalue weighted by Crippen LogP contribution is -2.38. The molecule has 1 atom stereocenters. The molecule has 1 N–H and O–H groups in total. The molecule has 1 unspecified atom stereocenters. The average molecular weight is 246 g/mol.